The molecule has 174 valence electrons. The molecule has 0 unspecified atom stereocenters. The summed E-state index contributed by atoms with van der Waals surface area (Å²) < 4.78 is 42.3. The van der Waals surface area contributed by atoms with Crippen molar-refractivity contribution in [2.24, 2.45) is 0 Å². The summed E-state index contributed by atoms with van der Waals surface area (Å²) in [6.45, 7) is 5.87. The number of aromatic nitrogens is 1. The number of aryl methyl sites for hydroxylation is 1. The van der Waals surface area contributed by atoms with Gasteiger partial charge in [0.1, 0.15) is 5.82 Å². The Hall–Kier alpha value is -3.10. The van der Waals surface area contributed by atoms with Gasteiger partial charge in [0.2, 0.25) is 10.0 Å². The largest absolute Gasteiger partial charge is 0.330 e. The second kappa shape index (κ2) is 10.7. The molecule has 6 nitrogen and oxygen atoms in total. The van der Waals surface area contributed by atoms with Crippen LogP contribution in [0.25, 0.3) is 0 Å². The van der Waals surface area contributed by atoms with E-state index in [1.54, 1.807) is 32.3 Å². The van der Waals surface area contributed by atoms with Gasteiger partial charge >= 0.3 is 0 Å². The van der Waals surface area contributed by atoms with Crippen molar-refractivity contribution in [3.05, 3.63) is 95.1 Å². The summed E-state index contributed by atoms with van der Waals surface area (Å²) in [6, 6.07) is 14.4. The molecule has 2 aromatic carbocycles. The van der Waals surface area contributed by atoms with E-state index in [0.717, 1.165) is 35.7 Å². The number of hydrogen-bond acceptors (Lipinski definition) is 4. The number of amides is 1. The van der Waals surface area contributed by atoms with E-state index < -0.39 is 21.7 Å². The fourth-order valence-corrected chi connectivity index (χ4v) is 4.67. The maximum atomic E-state index is 14.7. The molecule has 3 aromatic rings. The number of nitrogens with zero attached hydrogens (tertiary/aromatic N) is 2. The number of hydrogen-bond donors (Lipinski definition) is 1. The molecule has 33 heavy (non-hydrogen) atoms. The fraction of sp³-hybridized carbons (Fsp3) is 0.280. The van der Waals surface area contributed by atoms with Crippen LogP contribution in [0.1, 0.15) is 47.8 Å². The minimum absolute atomic E-state index is 0.158. The van der Waals surface area contributed by atoms with Crippen LogP contribution < -0.4 is 4.72 Å². The molecule has 0 atom stereocenters. The van der Waals surface area contributed by atoms with Gasteiger partial charge in [-0.15, -0.1) is 0 Å². The average Bonchev–Trinajstić information content (AvgIpc) is 2.78. The lowest BCUT2D eigenvalue weighted by molar-refractivity contribution is 0.0724. The lowest BCUT2D eigenvalue weighted by Gasteiger charge is -2.24. The van der Waals surface area contributed by atoms with Gasteiger partial charge in [-0.1, -0.05) is 37.3 Å². The summed E-state index contributed by atoms with van der Waals surface area (Å²) in [5.41, 5.74) is 2.54. The van der Waals surface area contributed by atoms with E-state index in [1.165, 1.54) is 10.5 Å². The molecule has 0 aliphatic carbocycles. The molecule has 0 spiro atoms. The predicted octanol–water partition coefficient (Wildman–Crippen LogP) is 4.31. The maximum absolute atomic E-state index is 14.7. The summed E-state index contributed by atoms with van der Waals surface area (Å²) in [6.07, 6.45) is 4.18. The topological polar surface area (TPSA) is 79.4 Å². The molecular weight excluding hydrogens is 441 g/mol. The SMILES string of the molecule is CCc1ccc(CN(Cc2cccnc2)C(=O)c2cc(S(=O)(=O)NC(C)C)ccc2F)cc1. The second-order valence-corrected chi connectivity index (χ2v) is 9.82. The van der Waals surface area contributed by atoms with Crippen LogP contribution in [0, 0.1) is 5.82 Å². The van der Waals surface area contributed by atoms with E-state index in [-0.39, 0.29) is 29.6 Å². The molecule has 1 N–H and O–H groups in total. The zero-order valence-corrected chi connectivity index (χ0v) is 19.8. The van der Waals surface area contributed by atoms with Crippen molar-refractivity contribution in [2.45, 2.75) is 51.2 Å². The minimum Gasteiger partial charge on any atom is -0.330 e. The van der Waals surface area contributed by atoms with E-state index in [1.807, 2.05) is 30.3 Å². The van der Waals surface area contributed by atoms with Crippen LogP contribution in [0.5, 0.6) is 0 Å². The first kappa shape index (κ1) is 24.5. The Labute approximate surface area is 194 Å². The Balaban J connectivity index is 1.97. The Kier molecular flexibility index (Phi) is 7.94. The number of sulfonamides is 1. The fourth-order valence-electron chi connectivity index (χ4n) is 3.40. The zero-order chi connectivity index (χ0) is 24.0. The van der Waals surface area contributed by atoms with Gasteiger partial charge in [0, 0.05) is 31.5 Å². The summed E-state index contributed by atoms with van der Waals surface area (Å²) in [7, 11) is -3.88. The Morgan fingerprint density at radius 2 is 1.70 bits per heavy atom. The minimum atomic E-state index is -3.88. The highest BCUT2D eigenvalue weighted by molar-refractivity contribution is 7.89. The molecule has 0 aliphatic rings. The highest BCUT2D eigenvalue weighted by Gasteiger charge is 2.24. The van der Waals surface area contributed by atoms with Gasteiger partial charge in [-0.25, -0.2) is 17.5 Å². The third kappa shape index (κ3) is 6.46. The van der Waals surface area contributed by atoms with Crippen molar-refractivity contribution < 1.29 is 17.6 Å². The molecule has 0 aliphatic heterocycles. The Morgan fingerprint density at radius 1 is 1.03 bits per heavy atom. The van der Waals surface area contributed by atoms with E-state index in [2.05, 4.69) is 16.6 Å². The molecule has 1 heterocycles. The van der Waals surface area contributed by atoms with Gasteiger partial charge in [-0.2, -0.15) is 0 Å². The molecule has 0 saturated heterocycles. The summed E-state index contributed by atoms with van der Waals surface area (Å²) in [5, 5.41) is 0. The summed E-state index contributed by atoms with van der Waals surface area (Å²) >= 11 is 0. The molecule has 0 saturated carbocycles. The van der Waals surface area contributed by atoms with Crippen molar-refractivity contribution in [2.75, 3.05) is 0 Å². The zero-order valence-electron chi connectivity index (χ0n) is 19.0. The van der Waals surface area contributed by atoms with Crippen LogP contribution in [-0.2, 0) is 29.5 Å². The first-order valence-corrected chi connectivity index (χ1v) is 12.3. The summed E-state index contributed by atoms with van der Waals surface area (Å²) in [5.74, 6) is -1.38. The van der Waals surface area contributed by atoms with Gasteiger partial charge < -0.3 is 4.90 Å². The van der Waals surface area contributed by atoms with E-state index in [9.17, 15) is 17.6 Å². The lowest BCUT2D eigenvalue weighted by atomic mass is 10.1. The van der Waals surface area contributed by atoms with Crippen molar-refractivity contribution in [1.29, 1.82) is 0 Å². The van der Waals surface area contributed by atoms with E-state index in [4.69, 9.17) is 0 Å². The monoisotopic (exact) mass is 469 g/mol. The van der Waals surface area contributed by atoms with Gasteiger partial charge in [-0.3, -0.25) is 9.78 Å². The van der Waals surface area contributed by atoms with Crippen LogP contribution in [0.15, 0.2) is 71.9 Å². The van der Waals surface area contributed by atoms with Crippen LogP contribution in [-0.4, -0.2) is 30.3 Å². The molecule has 8 heteroatoms. The van der Waals surface area contributed by atoms with Crippen molar-refractivity contribution in [1.82, 2.24) is 14.6 Å². The molecule has 3 rings (SSSR count). The maximum Gasteiger partial charge on any atom is 0.257 e. The number of benzene rings is 2. The highest BCUT2D eigenvalue weighted by atomic mass is 32.2. The quantitative estimate of drug-likeness (QED) is 0.506. The van der Waals surface area contributed by atoms with Gasteiger partial charge in [0.25, 0.3) is 5.91 Å². The molecule has 1 aromatic heterocycles. The first-order chi connectivity index (χ1) is 15.7. The van der Waals surface area contributed by atoms with Gasteiger partial charge in [-0.05, 0) is 61.2 Å². The molecular formula is C25H28FN3O3S. The number of carbonyl (C=O) groups excluding carboxylic acids is 1. The third-order valence-corrected chi connectivity index (χ3v) is 6.71. The lowest BCUT2D eigenvalue weighted by Crippen LogP contribution is -2.32. The van der Waals surface area contributed by atoms with Crippen LogP contribution >= 0.6 is 0 Å². The predicted molar refractivity (Wildman–Crippen MR) is 125 cm³/mol. The second-order valence-electron chi connectivity index (χ2n) is 8.11. The van der Waals surface area contributed by atoms with Crippen LogP contribution in [0.3, 0.4) is 0 Å². The number of halogens is 1. The number of carbonyl (C=O) groups is 1. The molecule has 0 fully saturated rings. The van der Waals surface area contributed by atoms with Crippen molar-refractivity contribution in [3.8, 4) is 0 Å². The van der Waals surface area contributed by atoms with E-state index >= 15 is 0 Å². The number of rotatable bonds is 9. The standard InChI is InChI=1S/C25H28FN3O3S/c1-4-19-7-9-20(10-8-19)16-29(17-21-6-5-13-27-15-21)25(30)23-14-22(11-12-24(23)26)33(31,32)28-18(2)3/h5-15,18,28H,4,16-17H2,1-3H3. The molecule has 1 amide bonds. The Bertz CT molecular complexity index is 1200. The molecule has 0 bridgehead atoms. The van der Waals surface area contributed by atoms with Crippen LogP contribution in [0.4, 0.5) is 4.39 Å². The van der Waals surface area contributed by atoms with Crippen molar-refractivity contribution >= 4 is 15.9 Å². The highest BCUT2D eigenvalue weighted by Crippen LogP contribution is 2.20. The van der Waals surface area contributed by atoms with Crippen molar-refractivity contribution in [3.63, 3.8) is 0 Å². The number of nitrogens with one attached hydrogen (secondary N) is 1. The number of pyridine rings is 1. The van der Waals surface area contributed by atoms with Crippen LogP contribution in [0.2, 0.25) is 0 Å². The molecule has 0 radical (unpaired) electrons. The third-order valence-electron chi connectivity index (χ3n) is 5.06. The summed E-state index contributed by atoms with van der Waals surface area (Å²) in [4.78, 5) is 18.9. The average molecular weight is 470 g/mol. The van der Waals surface area contributed by atoms with E-state index in [0.29, 0.717) is 0 Å². The normalized spacial score (nSPS) is 11.5. The Morgan fingerprint density at radius 3 is 2.30 bits per heavy atom. The van der Waals surface area contributed by atoms with Gasteiger partial charge in [0.05, 0.1) is 10.5 Å². The smallest absolute Gasteiger partial charge is 0.257 e. The first-order valence-electron chi connectivity index (χ1n) is 10.8. The van der Waals surface area contributed by atoms with Gasteiger partial charge in [0.15, 0.2) is 0 Å².